The molecule has 2 aromatic rings. The maximum Gasteiger partial charge on any atom is 0.410 e. The Kier molecular flexibility index (Phi) is 5.73. The van der Waals surface area contributed by atoms with Crippen LogP contribution in [0.5, 0.6) is 0 Å². The average Bonchev–Trinajstić information content (AvgIpc) is 3.01. The molecular weight excluding hydrogens is 354 g/mol. The molecule has 0 saturated carbocycles. The van der Waals surface area contributed by atoms with Crippen LogP contribution in [0, 0.1) is 6.92 Å². The van der Waals surface area contributed by atoms with Crippen LogP contribution in [0.1, 0.15) is 29.4 Å². The van der Waals surface area contributed by atoms with E-state index in [1.54, 1.807) is 11.0 Å². The minimum Gasteiger partial charge on any atom is -0.448 e. The Morgan fingerprint density at radius 1 is 1.38 bits per heavy atom. The largest absolute Gasteiger partial charge is 0.448 e. The first-order chi connectivity index (χ1) is 12.5. The van der Waals surface area contributed by atoms with Crippen LogP contribution in [0.25, 0.3) is 0 Å². The third-order valence-electron chi connectivity index (χ3n) is 4.03. The van der Waals surface area contributed by atoms with Gasteiger partial charge in [0.05, 0.1) is 24.5 Å². The van der Waals surface area contributed by atoms with Crippen LogP contribution >= 0.6 is 11.6 Å². The highest BCUT2D eigenvalue weighted by atomic mass is 35.5. The van der Waals surface area contributed by atoms with Gasteiger partial charge in [0.25, 0.3) is 0 Å². The van der Waals surface area contributed by atoms with Crippen molar-refractivity contribution in [2.75, 3.05) is 13.2 Å². The molecule has 7 heteroatoms. The summed E-state index contributed by atoms with van der Waals surface area (Å²) in [7, 11) is 0. The zero-order chi connectivity index (χ0) is 18.5. The van der Waals surface area contributed by atoms with E-state index >= 15 is 0 Å². The van der Waals surface area contributed by atoms with Gasteiger partial charge in [-0.3, -0.25) is 4.98 Å². The highest BCUT2D eigenvalue weighted by Gasteiger charge is 2.22. The van der Waals surface area contributed by atoms with Gasteiger partial charge < -0.3 is 14.5 Å². The molecule has 1 amide bonds. The smallest absolute Gasteiger partial charge is 0.410 e. The number of rotatable bonds is 6. The number of amides is 1. The lowest BCUT2D eigenvalue weighted by Crippen LogP contribution is -2.23. The second-order valence-corrected chi connectivity index (χ2v) is 6.47. The molecule has 1 aromatic carbocycles. The van der Waals surface area contributed by atoms with Gasteiger partial charge in [-0.2, -0.15) is 0 Å². The molecule has 0 radical (unpaired) electrons. The van der Waals surface area contributed by atoms with Gasteiger partial charge in [0.2, 0.25) is 0 Å². The van der Waals surface area contributed by atoms with Crippen molar-refractivity contribution >= 4 is 23.4 Å². The molecule has 0 bridgehead atoms. The monoisotopic (exact) mass is 373 g/mol. The maximum atomic E-state index is 11.6. The van der Waals surface area contributed by atoms with Crippen LogP contribution in [-0.4, -0.2) is 34.8 Å². The van der Waals surface area contributed by atoms with Crippen molar-refractivity contribution in [3.63, 3.8) is 0 Å². The second kappa shape index (κ2) is 8.19. The van der Waals surface area contributed by atoms with Gasteiger partial charge in [-0.15, -0.1) is 0 Å². The van der Waals surface area contributed by atoms with E-state index in [2.05, 4.69) is 10.1 Å². The lowest BCUT2D eigenvalue weighted by molar-refractivity contribution is 0.127. The lowest BCUT2D eigenvalue weighted by Gasteiger charge is -2.14. The van der Waals surface area contributed by atoms with E-state index in [9.17, 15) is 4.79 Å². The molecule has 2 heterocycles. The van der Waals surface area contributed by atoms with Crippen LogP contribution < -0.4 is 0 Å². The summed E-state index contributed by atoms with van der Waals surface area (Å²) in [4.78, 5) is 23.0. The molecule has 6 nitrogen and oxygen atoms in total. The van der Waals surface area contributed by atoms with Crippen molar-refractivity contribution in [3.05, 3.63) is 63.9 Å². The molecule has 1 saturated heterocycles. The summed E-state index contributed by atoms with van der Waals surface area (Å²) in [6.45, 7) is 5.49. The van der Waals surface area contributed by atoms with Gasteiger partial charge in [0.1, 0.15) is 6.61 Å². The summed E-state index contributed by atoms with van der Waals surface area (Å²) in [5.74, 6) is 0. The number of halogens is 1. The predicted octanol–water partition coefficient (Wildman–Crippen LogP) is 3.94. The Balaban J connectivity index is 1.67. The molecular formula is C19H20ClN3O3. The normalized spacial score (nSPS) is 14.5. The number of hydrogen-bond acceptors (Lipinski definition) is 5. The van der Waals surface area contributed by atoms with Crippen molar-refractivity contribution in [2.45, 2.75) is 27.0 Å². The van der Waals surface area contributed by atoms with Crippen LogP contribution in [0.2, 0.25) is 5.02 Å². The van der Waals surface area contributed by atoms with Crippen molar-refractivity contribution in [2.24, 2.45) is 5.16 Å². The number of nitrogens with zero attached hydrogens (tertiary/aromatic N) is 3. The molecule has 3 rings (SSSR count). The minimum absolute atomic E-state index is 0.305. The zero-order valence-electron chi connectivity index (χ0n) is 14.7. The lowest BCUT2D eigenvalue weighted by atomic mass is 10.1. The van der Waals surface area contributed by atoms with Gasteiger partial charge in [-0.1, -0.05) is 28.9 Å². The third-order valence-corrected chi connectivity index (χ3v) is 4.40. The van der Waals surface area contributed by atoms with Crippen molar-refractivity contribution in [3.8, 4) is 0 Å². The summed E-state index contributed by atoms with van der Waals surface area (Å²) < 4.78 is 4.95. The van der Waals surface area contributed by atoms with Crippen LogP contribution in [0.15, 0.2) is 41.6 Å². The predicted molar refractivity (Wildman–Crippen MR) is 99.2 cm³/mol. The molecule has 26 heavy (non-hydrogen) atoms. The van der Waals surface area contributed by atoms with E-state index in [1.165, 1.54) is 0 Å². The number of hydrogen-bond donors (Lipinski definition) is 0. The summed E-state index contributed by atoms with van der Waals surface area (Å²) in [5.41, 5.74) is 4.21. The second-order valence-electron chi connectivity index (χ2n) is 6.06. The number of cyclic esters (lactones) is 1. The zero-order valence-corrected chi connectivity index (χ0v) is 15.5. The van der Waals surface area contributed by atoms with E-state index < -0.39 is 0 Å². The van der Waals surface area contributed by atoms with Gasteiger partial charge in [0.15, 0.2) is 6.61 Å². The molecule has 1 aromatic heterocycles. The van der Waals surface area contributed by atoms with E-state index in [0.29, 0.717) is 31.3 Å². The topological polar surface area (TPSA) is 64.0 Å². The highest BCUT2D eigenvalue weighted by molar-refractivity contribution is 6.31. The Hall–Kier alpha value is -2.60. The third kappa shape index (κ3) is 4.52. The first-order valence-corrected chi connectivity index (χ1v) is 8.70. The molecule has 0 spiro atoms. The van der Waals surface area contributed by atoms with Crippen molar-refractivity contribution in [1.29, 1.82) is 0 Å². The van der Waals surface area contributed by atoms with Gasteiger partial charge in [-0.25, -0.2) is 4.79 Å². The molecule has 1 aliphatic heterocycles. The first-order valence-electron chi connectivity index (χ1n) is 8.32. The van der Waals surface area contributed by atoms with Crippen molar-refractivity contribution < 1.29 is 14.4 Å². The quantitative estimate of drug-likeness (QED) is 0.568. The molecule has 1 fully saturated rings. The Bertz CT molecular complexity index is 839. The number of ether oxygens (including phenoxy) is 1. The van der Waals surface area contributed by atoms with Crippen LogP contribution in [-0.2, 0) is 22.7 Å². The fourth-order valence-corrected chi connectivity index (χ4v) is 2.80. The maximum absolute atomic E-state index is 11.6. The fourth-order valence-electron chi connectivity index (χ4n) is 2.62. The standard InChI is InChI=1S/C19H20ClN3O3/c1-13-4-3-5-17(21-13)12-26-22-14(2)15-6-7-18(20)16(10-15)11-23-8-9-25-19(23)24/h3-7,10H,8-9,11-12H2,1-2H3/b22-14+. The summed E-state index contributed by atoms with van der Waals surface area (Å²) in [5, 5.41) is 4.77. The SMILES string of the molecule is C/C(=N\OCc1cccc(C)n1)c1ccc(Cl)c(CN2CCOC2=O)c1. The fraction of sp³-hybridized carbons (Fsp3) is 0.316. The number of carbonyl (C=O) groups excluding carboxylic acids is 1. The summed E-state index contributed by atoms with van der Waals surface area (Å²) in [6.07, 6.45) is -0.314. The molecule has 1 aliphatic rings. The van der Waals surface area contributed by atoms with Gasteiger partial charge in [0, 0.05) is 10.7 Å². The van der Waals surface area contributed by atoms with Crippen LogP contribution in [0.4, 0.5) is 4.79 Å². The van der Waals surface area contributed by atoms with Crippen LogP contribution in [0.3, 0.4) is 0 Å². The first kappa shape index (κ1) is 18.2. The summed E-state index contributed by atoms with van der Waals surface area (Å²) in [6, 6.07) is 11.4. The molecule has 0 aliphatic carbocycles. The number of carbonyl (C=O) groups is 1. The number of aryl methyl sites for hydroxylation is 1. The number of benzene rings is 1. The van der Waals surface area contributed by atoms with Gasteiger partial charge in [-0.05, 0) is 49.2 Å². The highest BCUT2D eigenvalue weighted by Crippen LogP contribution is 2.21. The number of oxime groups is 1. The molecule has 0 unspecified atom stereocenters. The Labute approximate surface area is 157 Å². The molecule has 136 valence electrons. The van der Waals surface area contributed by atoms with E-state index in [0.717, 1.165) is 28.2 Å². The number of pyridine rings is 1. The van der Waals surface area contributed by atoms with Gasteiger partial charge >= 0.3 is 6.09 Å². The Morgan fingerprint density at radius 2 is 2.23 bits per heavy atom. The molecule has 0 atom stereocenters. The van der Waals surface area contributed by atoms with Crippen molar-refractivity contribution in [1.82, 2.24) is 9.88 Å². The van der Waals surface area contributed by atoms with E-state index in [1.807, 2.05) is 44.2 Å². The Morgan fingerprint density at radius 3 is 2.96 bits per heavy atom. The average molecular weight is 374 g/mol. The minimum atomic E-state index is -0.314. The molecule has 0 N–H and O–H groups in total. The van der Waals surface area contributed by atoms with E-state index in [4.69, 9.17) is 21.2 Å². The summed E-state index contributed by atoms with van der Waals surface area (Å²) >= 11 is 6.27. The number of aromatic nitrogens is 1. The van der Waals surface area contributed by atoms with E-state index in [-0.39, 0.29) is 6.09 Å².